The maximum atomic E-state index is 12.4. The van der Waals surface area contributed by atoms with Crippen LogP contribution in [0.3, 0.4) is 0 Å². The van der Waals surface area contributed by atoms with E-state index in [4.69, 9.17) is 14.6 Å². The van der Waals surface area contributed by atoms with E-state index < -0.39 is 42.0 Å². The van der Waals surface area contributed by atoms with Gasteiger partial charge in [-0.25, -0.2) is 0 Å². The number of esters is 1. The first-order chi connectivity index (χ1) is 11.6. The number of nitrogens with one attached hydrogen (secondary N) is 1. The molecule has 0 saturated heterocycles. The first kappa shape index (κ1) is 20.6. The van der Waals surface area contributed by atoms with Crippen LogP contribution >= 0.6 is 0 Å². The van der Waals surface area contributed by atoms with Crippen LogP contribution in [0.2, 0.25) is 0 Å². The van der Waals surface area contributed by atoms with Gasteiger partial charge in [-0.2, -0.15) is 0 Å². The number of benzene rings is 1. The molecule has 0 spiro atoms. The van der Waals surface area contributed by atoms with Gasteiger partial charge in [-0.1, -0.05) is 30.3 Å². The predicted octanol–water partition coefficient (Wildman–Crippen LogP) is 1.75. The summed E-state index contributed by atoms with van der Waals surface area (Å²) < 4.78 is 10.9. The molecule has 7 nitrogen and oxygen atoms in total. The summed E-state index contributed by atoms with van der Waals surface area (Å²) in [5, 5.41) is 10.9. The number of carbonyl (C=O) groups excluding carboxylic acids is 2. The number of carboxylic acids is 1. The molecule has 0 radical (unpaired) electrons. The van der Waals surface area contributed by atoms with Crippen molar-refractivity contribution in [1.82, 2.24) is 5.32 Å². The molecule has 0 aliphatic carbocycles. The summed E-state index contributed by atoms with van der Waals surface area (Å²) in [5.41, 5.74) is 0.203. The molecule has 2 N–H and O–H groups in total. The number of hydrogen-bond donors (Lipinski definition) is 2. The van der Waals surface area contributed by atoms with Crippen LogP contribution in [-0.4, -0.2) is 41.2 Å². The normalized spacial score (nSPS) is 13.6. The van der Waals surface area contributed by atoms with E-state index >= 15 is 0 Å². The Morgan fingerprint density at radius 3 is 2.28 bits per heavy atom. The van der Waals surface area contributed by atoms with E-state index in [9.17, 15) is 14.4 Å². The van der Waals surface area contributed by atoms with Gasteiger partial charge in [0.25, 0.3) is 0 Å². The topological polar surface area (TPSA) is 102 Å². The van der Waals surface area contributed by atoms with E-state index in [1.165, 1.54) is 0 Å². The second kappa shape index (κ2) is 9.17. The number of rotatable bonds is 8. The average Bonchev–Trinajstić information content (AvgIpc) is 2.50. The zero-order valence-corrected chi connectivity index (χ0v) is 14.9. The fourth-order valence-electron chi connectivity index (χ4n) is 2.23. The van der Waals surface area contributed by atoms with Crippen LogP contribution in [0, 0.1) is 5.92 Å². The third-order valence-corrected chi connectivity index (χ3v) is 3.18. The molecule has 2 atom stereocenters. The number of hydrogen-bond acceptors (Lipinski definition) is 5. The minimum atomic E-state index is -1.26. The highest BCUT2D eigenvalue weighted by atomic mass is 16.5. The largest absolute Gasteiger partial charge is 0.480 e. The van der Waals surface area contributed by atoms with E-state index in [0.29, 0.717) is 0 Å². The van der Waals surface area contributed by atoms with Gasteiger partial charge in [0.15, 0.2) is 5.92 Å². The standard InChI is InChI=1S/C18H25NO6/c1-12(25-18(2,3)4)15(16(22)19-10-14(20)21)17(23)24-11-13-8-6-5-7-9-13/h5-9,12,15H,10-11H2,1-4H3,(H,19,22)(H,20,21)/t12-,15+/m1/s1. The van der Waals surface area contributed by atoms with Crippen molar-refractivity contribution >= 4 is 17.8 Å². The highest BCUT2D eigenvalue weighted by molar-refractivity contribution is 5.99. The van der Waals surface area contributed by atoms with Gasteiger partial charge in [-0.15, -0.1) is 0 Å². The van der Waals surface area contributed by atoms with Crippen molar-refractivity contribution in [1.29, 1.82) is 0 Å². The lowest BCUT2D eigenvalue weighted by atomic mass is 10.0. The first-order valence-corrected chi connectivity index (χ1v) is 7.98. The molecule has 0 aromatic heterocycles. The van der Waals surface area contributed by atoms with Crippen molar-refractivity contribution in [3.63, 3.8) is 0 Å². The predicted molar refractivity (Wildman–Crippen MR) is 90.7 cm³/mol. The van der Waals surface area contributed by atoms with Crippen molar-refractivity contribution < 1.29 is 29.0 Å². The Hall–Kier alpha value is -2.41. The lowest BCUT2D eigenvalue weighted by Gasteiger charge is -2.29. The Bertz CT molecular complexity index is 593. The molecule has 0 saturated carbocycles. The highest BCUT2D eigenvalue weighted by Crippen LogP contribution is 2.19. The quantitative estimate of drug-likeness (QED) is 0.546. The smallest absolute Gasteiger partial charge is 0.322 e. The van der Waals surface area contributed by atoms with Gasteiger partial charge in [-0.05, 0) is 33.3 Å². The summed E-state index contributed by atoms with van der Waals surface area (Å²) in [4.78, 5) is 35.3. The van der Waals surface area contributed by atoms with Gasteiger partial charge < -0.3 is 19.9 Å². The highest BCUT2D eigenvalue weighted by Gasteiger charge is 2.36. The van der Waals surface area contributed by atoms with Crippen LogP contribution < -0.4 is 5.32 Å². The summed E-state index contributed by atoms with van der Waals surface area (Å²) in [6.45, 7) is 6.41. The number of ether oxygens (including phenoxy) is 2. The molecular formula is C18H25NO6. The molecule has 1 aromatic carbocycles. The van der Waals surface area contributed by atoms with Gasteiger partial charge in [0.05, 0.1) is 11.7 Å². The van der Waals surface area contributed by atoms with Gasteiger partial charge in [0.2, 0.25) is 5.91 Å². The van der Waals surface area contributed by atoms with Gasteiger partial charge in [0.1, 0.15) is 13.2 Å². The van der Waals surface area contributed by atoms with Crippen LogP contribution in [0.25, 0.3) is 0 Å². The van der Waals surface area contributed by atoms with Crippen molar-refractivity contribution in [3.05, 3.63) is 35.9 Å². The second-order valence-electron chi connectivity index (χ2n) is 6.62. The Morgan fingerprint density at radius 2 is 1.76 bits per heavy atom. The average molecular weight is 351 g/mol. The third kappa shape index (κ3) is 7.80. The first-order valence-electron chi connectivity index (χ1n) is 7.98. The van der Waals surface area contributed by atoms with E-state index in [0.717, 1.165) is 5.56 Å². The molecule has 0 aliphatic heterocycles. The number of amides is 1. The Morgan fingerprint density at radius 1 is 1.16 bits per heavy atom. The van der Waals surface area contributed by atoms with Crippen molar-refractivity contribution in [2.24, 2.45) is 5.92 Å². The molecular weight excluding hydrogens is 326 g/mol. The molecule has 1 rings (SSSR count). The Balaban J connectivity index is 2.82. The summed E-state index contributed by atoms with van der Waals surface area (Å²) in [5.74, 6) is -3.96. The van der Waals surface area contributed by atoms with Crippen LogP contribution in [0.15, 0.2) is 30.3 Å². The van der Waals surface area contributed by atoms with E-state index in [2.05, 4.69) is 5.32 Å². The van der Waals surface area contributed by atoms with Gasteiger partial charge in [-0.3, -0.25) is 14.4 Å². The monoisotopic (exact) mass is 351 g/mol. The van der Waals surface area contributed by atoms with Crippen molar-refractivity contribution in [2.75, 3.05) is 6.54 Å². The number of aliphatic carboxylic acids is 1. The SMILES string of the molecule is C[C@@H](OC(C)(C)C)[C@@H](C(=O)NCC(=O)O)C(=O)OCc1ccccc1. The zero-order chi connectivity index (χ0) is 19.0. The Labute approximate surface area is 147 Å². The van der Waals surface area contributed by atoms with Gasteiger partial charge in [0, 0.05) is 0 Å². The minimum absolute atomic E-state index is 0.0185. The molecule has 25 heavy (non-hydrogen) atoms. The van der Waals surface area contributed by atoms with Crippen LogP contribution in [0.1, 0.15) is 33.3 Å². The summed E-state index contributed by atoms with van der Waals surface area (Å²) in [7, 11) is 0. The maximum Gasteiger partial charge on any atom is 0.322 e. The van der Waals surface area contributed by atoms with Crippen LogP contribution in [-0.2, 0) is 30.5 Å². The lowest BCUT2D eigenvalue weighted by Crippen LogP contribution is -2.46. The van der Waals surface area contributed by atoms with E-state index in [-0.39, 0.29) is 6.61 Å². The second-order valence-corrected chi connectivity index (χ2v) is 6.62. The Kier molecular flexibility index (Phi) is 7.57. The zero-order valence-electron chi connectivity index (χ0n) is 14.9. The van der Waals surface area contributed by atoms with Crippen LogP contribution in [0.4, 0.5) is 0 Å². The molecule has 1 aromatic rings. The number of carbonyl (C=O) groups is 3. The number of carboxylic acid groups (broad SMARTS) is 1. The van der Waals surface area contributed by atoms with Crippen molar-refractivity contribution in [2.45, 2.75) is 46.0 Å². The van der Waals surface area contributed by atoms with Crippen LogP contribution in [0.5, 0.6) is 0 Å². The summed E-state index contributed by atoms with van der Waals surface area (Å²) >= 11 is 0. The molecule has 138 valence electrons. The summed E-state index contributed by atoms with van der Waals surface area (Å²) in [6.07, 6.45) is -0.780. The van der Waals surface area contributed by atoms with E-state index in [1.54, 1.807) is 39.8 Å². The third-order valence-electron chi connectivity index (χ3n) is 3.18. The molecule has 0 unspecified atom stereocenters. The molecule has 0 heterocycles. The lowest BCUT2D eigenvalue weighted by molar-refractivity contribution is -0.165. The fourth-order valence-corrected chi connectivity index (χ4v) is 2.23. The molecule has 0 fully saturated rings. The maximum absolute atomic E-state index is 12.4. The molecule has 7 heteroatoms. The van der Waals surface area contributed by atoms with Crippen molar-refractivity contribution in [3.8, 4) is 0 Å². The van der Waals surface area contributed by atoms with E-state index in [1.807, 2.05) is 18.2 Å². The molecule has 0 bridgehead atoms. The van der Waals surface area contributed by atoms with Gasteiger partial charge >= 0.3 is 11.9 Å². The fraction of sp³-hybridized carbons (Fsp3) is 0.500. The minimum Gasteiger partial charge on any atom is -0.480 e. The molecule has 1 amide bonds. The molecule has 0 aliphatic rings. The summed E-state index contributed by atoms with van der Waals surface area (Å²) in [6, 6.07) is 9.05.